The molecule has 6 nitrogen and oxygen atoms in total. The average Bonchev–Trinajstić information content (AvgIpc) is 3.20. The second-order valence-electron chi connectivity index (χ2n) is 7.04. The standard InChI is InChI=1S/C21H25NO5/c1-14(23)15-8-10-16(11-9-15)22-20(24)18-6-2-3-7-19(18)21(25)27-13-17-5-4-12-26-17/h2-3,8-11,17-19H,4-7,12-13H2,1H3,(H,22,24)/t17-,18+,19+/m0/s1. The van der Waals surface area contributed by atoms with Crippen molar-refractivity contribution in [1.82, 2.24) is 0 Å². The van der Waals surface area contributed by atoms with Crippen molar-refractivity contribution in [1.29, 1.82) is 0 Å². The molecule has 0 aromatic heterocycles. The number of esters is 1. The molecule has 1 aliphatic carbocycles. The van der Waals surface area contributed by atoms with E-state index in [2.05, 4.69) is 5.32 Å². The third kappa shape index (κ3) is 5.04. The summed E-state index contributed by atoms with van der Waals surface area (Å²) in [6, 6.07) is 6.73. The molecule has 6 heteroatoms. The third-order valence-corrected chi connectivity index (χ3v) is 5.07. The molecule has 3 rings (SSSR count). The Morgan fingerprint density at radius 1 is 1.11 bits per heavy atom. The van der Waals surface area contributed by atoms with Crippen molar-refractivity contribution in [2.45, 2.75) is 38.7 Å². The number of Topliss-reactive ketones (excluding diaryl/α,β-unsaturated/α-hetero) is 1. The van der Waals surface area contributed by atoms with Crippen molar-refractivity contribution < 1.29 is 23.9 Å². The van der Waals surface area contributed by atoms with Gasteiger partial charge in [-0.3, -0.25) is 14.4 Å². The lowest BCUT2D eigenvalue weighted by molar-refractivity contribution is -0.155. The highest BCUT2D eigenvalue weighted by molar-refractivity contribution is 5.97. The van der Waals surface area contributed by atoms with E-state index in [9.17, 15) is 14.4 Å². The van der Waals surface area contributed by atoms with E-state index in [4.69, 9.17) is 9.47 Å². The Kier molecular flexibility index (Phi) is 6.40. The summed E-state index contributed by atoms with van der Waals surface area (Å²) in [5.74, 6) is -1.55. The maximum absolute atomic E-state index is 12.7. The number of anilines is 1. The van der Waals surface area contributed by atoms with E-state index >= 15 is 0 Å². The Labute approximate surface area is 158 Å². The van der Waals surface area contributed by atoms with Crippen LogP contribution >= 0.6 is 0 Å². The zero-order valence-corrected chi connectivity index (χ0v) is 15.5. The van der Waals surface area contributed by atoms with Gasteiger partial charge in [0.05, 0.1) is 17.9 Å². The van der Waals surface area contributed by atoms with Gasteiger partial charge in [0.25, 0.3) is 0 Å². The lowest BCUT2D eigenvalue weighted by Crippen LogP contribution is -2.36. The highest BCUT2D eigenvalue weighted by Gasteiger charge is 2.35. The summed E-state index contributed by atoms with van der Waals surface area (Å²) in [5.41, 5.74) is 1.19. The predicted octanol–water partition coefficient (Wildman–Crippen LogP) is 3.13. The van der Waals surface area contributed by atoms with E-state index in [-0.39, 0.29) is 30.4 Å². The average molecular weight is 371 g/mol. The zero-order valence-electron chi connectivity index (χ0n) is 15.5. The molecule has 0 spiro atoms. The highest BCUT2D eigenvalue weighted by atomic mass is 16.6. The third-order valence-electron chi connectivity index (χ3n) is 5.07. The van der Waals surface area contributed by atoms with Gasteiger partial charge < -0.3 is 14.8 Å². The monoisotopic (exact) mass is 371 g/mol. The van der Waals surface area contributed by atoms with Gasteiger partial charge in [-0.25, -0.2) is 0 Å². The lowest BCUT2D eigenvalue weighted by atomic mass is 9.82. The van der Waals surface area contributed by atoms with Crippen LogP contribution in [0.3, 0.4) is 0 Å². The number of rotatable bonds is 6. The number of allylic oxidation sites excluding steroid dienone is 2. The summed E-state index contributed by atoms with van der Waals surface area (Å²) in [4.78, 5) is 36.6. The Bertz CT molecular complexity index is 719. The van der Waals surface area contributed by atoms with Crippen LogP contribution in [-0.2, 0) is 19.1 Å². The van der Waals surface area contributed by atoms with Crippen LogP contribution in [0.25, 0.3) is 0 Å². The largest absolute Gasteiger partial charge is 0.463 e. The fourth-order valence-electron chi connectivity index (χ4n) is 3.45. The van der Waals surface area contributed by atoms with E-state index in [0.29, 0.717) is 30.7 Å². The van der Waals surface area contributed by atoms with Gasteiger partial charge >= 0.3 is 5.97 Å². The summed E-state index contributed by atoms with van der Waals surface area (Å²) in [5, 5.41) is 2.84. The smallest absolute Gasteiger partial charge is 0.310 e. The molecule has 2 aliphatic rings. The van der Waals surface area contributed by atoms with E-state index in [1.807, 2.05) is 12.2 Å². The normalized spacial score (nSPS) is 24.4. The molecular formula is C21H25NO5. The van der Waals surface area contributed by atoms with E-state index in [0.717, 1.165) is 12.8 Å². The molecule has 3 atom stereocenters. The Hall–Kier alpha value is -2.47. The highest BCUT2D eigenvalue weighted by Crippen LogP contribution is 2.28. The fourth-order valence-corrected chi connectivity index (χ4v) is 3.45. The van der Waals surface area contributed by atoms with Crippen LogP contribution in [0.1, 0.15) is 43.0 Å². The Balaban J connectivity index is 1.59. The quantitative estimate of drug-likeness (QED) is 0.472. The maximum atomic E-state index is 12.7. The van der Waals surface area contributed by atoms with Crippen LogP contribution in [0, 0.1) is 11.8 Å². The van der Waals surface area contributed by atoms with Crippen LogP contribution in [-0.4, -0.2) is 37.0 Å². The minimum atomic E-state index is -0.493. The van der Waals surface area contributed by atoms with E-state index < -0.39 is 11.8 Å². The van der Waals surface area contributed by atoms with Gasteiger partial charge in [-0.05, 0) is 56.9 Å². The molecule has 1 aromatic rings. The molecule has 1 fully saturated rings. The summed E-state index contributed by atoms with van der Waals surface area (Å²) >= 11 is 0. The molecule has 1 amide bonds. The van der Waals surface area contributed by atoms with Crippen molar-refractivity contribution in [3.05, 3.63) is 42.0 Å². The van der Waals surface area contributed by atoms with Gasteiger partial charge in [-0.2, -0.15) is 0 Å². The summed E-state index contributed by atoms with van der Waals surface area (Å²) < 4.78 is 10.9. The Morgan fingerprint density at radius 3 is 2.44 bits per heavy atom. The predicted molar refractivity (Wildman–Crippen MR) is 100 cm³/mol. The molecule has 27 heavy (non-hydrogen) atoms. The van der Waals surface area contributed by atoms with Gasteiger partial charge in [0.2, 0.25) is 5.91 Å². The number of nitrogens with one attached hydrogen (secondary N) is 1. The number of ketones is 1. The Morgan fingerprint density at radius 2 is 1.81 bits per heavy atom. The summed E-state index contributed by atoms with van der Waals surface area (Å²) in [7, 11) is 0. The fraction of sp³-hybridized carbons (Fsp3) is 0.476. The molecule has 144 valence electrons. The molecule has 0 unspecified atom stereocenters. The number of hydrogen-bond acceptors (Lipinski definition) is 5. The van der Waals surface area contributed by atoms with Gasteiger partial charge in [-0.15, -0.1) is 0 Å². The molecule has 1 saturated heterocycles. The SMILES string of the molecule is CC(=O)c1ccc(NC(=O)[C@@H]2CC=CC[C@H]2C(=O)OC[C@@H]2CCCO2)cc1. The number of carbonyl (C=O) groups is 3. The molecule has 0 bridgehead atoms. The van der Waals surface area contributed by atoms with Crippen molar-refractivity contribution >= 4 is 23.3 Å². The maximum Gasteiger partial charge on any atom is 0.310 e. The minimum absolute atomic E-state index is 0.0276. The van der Waals surface area contributed by atoms with Crippen LogP contribution in [0.4, 0.5) is 5.69 Å². The van der Waals surface area contributed by atoms with Gasteiger partial charge in [-0.1, -0.05) is 12.2 Å². The van der Waals surface area contributed by atoms with Gasteiger partial charge in [0.1, 0.15) is 6.61 Å². The summed E-state index contributed by atoms with van der Waals surface area (Å²) in [6.07, 6.45) is 6.69. The van der Waals surface area contributed by atoms with Crippen molar-refractivity contribution in [2.75, 3.05) is 18.5 Å². The number of hydrogen-bond donors (Lipinski definition) is 1. The zero-order chi connectivity index (χ0) is 19.2. The van der Waals surface area contributed by atoms with Crippen molar-refractivity contribution in [3.8, 4) is 0 Å². The number of carbonyl (C=O) groups excluding carboxylic acids is 3. The first-order valence-electron chi connectivity index (χ1n) is 9.39. The lowest BCUT2D eigenvalue weighted by Gasteiger charge is -2.26. The number of amides is 1. The first-order chi connectivity index (χ1) is 13.0. The number of benzene rings is 1. The second-order valence-corrected chi connectivity index (χ2v) is 7.04. The van der Waals surface area contributed by atoms with Gasteiger partial charge in [0.15, 0.2) is 5.78 Å². The first kappa shape index (κ1) is 19.3. The second kappa shape index (κ2) is 8.95. The van der Waals surface area contributed by atoms with Crippen LogP contribution in [0.5, 0.6) is 0 Å². The molecule has 0 radical (unpaired) electrons. The van der Waals surface area contributed by atoms with Crippen LogP contribution in [0.15, 0.2) is 36.4 Å². The van der Waals surface area contributed by atoms with Gasteiger partial charge in [0, 0.05) is 17.9 Å². The van der Waals surface area contributed by atoms with Crippen molar-refractivity contribution in [2.24, 2.45) is 11.8 Å². The van der Waals surface area contributed by atoms with E-state index in [1.165, 1.54) is 6.92 Å². The minimum Gasteiger partial charge on any atom is -0.463 e. The molecule has 1 aliphatic heterocycles. The van der Waals surface area contributed by atoms with Crippen molar-refractivity contribution in [3.63, 3.8) is 0 Å². The van der Waals surface area contributed by atoms with Crippen LogP contribution < -0.4 is 5.32 Å². The van der Waals surface area contributed by atoms with E-state index in [1.54, 1.807) is 24.3 Å². The molecule has 1 heterocycles. The number of ether oxygens (including phenoxy) is 2. The summed E-state index contributed by atoms with van der Waals surface area (Å²) in [6.45, 7) is 2.45. The molecule has 0 saturated carbocycles. The van der Waals surface area contributed by atoms with Crippen LogP contribution in [0.2, 0.25) is 0 Å². The topological polar surface area (TPSA) is 81.7 Å². The molecular weight excluding hydrogens is 346 g/mol. The molecule has 1 aromatic carbocycles. The molecule has 1 N–H and O–H groups in total. The first-order valence-corrected chi connectivity index (χ1v) is 9.39.